The molecule has 0 aliphatic rings. The molecule has 0 amide bonds. The second kappa shape index (κ2) is 3.82. The number of hydrogen-bond acceptors (Lipinski definition) is 5. The topological polar surface area (TPSA) is 93.9 Å². The molecule has 1 aromatic heterocycles. The molecule has 6 nitrogen and oxygen atoms in total. The average molecular weight is 170 g/mol. The fraction of sp³-hybridized carbons (Fsp3) is 0.500. The van der Waals surface area contributed by atoms with Crippen molar-refractivity contribution in [2.75, 3.05) is 7.11 Å². The molecule has 0 saturated heterocycles. The van der Waals surface area contributed by atoms with E-state index in [9.17, 15) is 4.79 Å². The molecule has 0 saturated carbocycles. The predicted molar refractivity (Wildman–Crippen MR) is 40.1 cm³/mol. The normalized spacial score (nSPS) is 12.5. The highest BCUT2D eigenvalue weighted by Gasteiger charge is 2.15. The van der Waals surface area contributed by atoms with Crippen molar-refractivity contribution in [3.8, 4) is 0 Å². The number of aromatic nitrogens is 3. The third kappa shape index (κ3) is 2.03. The Labute approximate surface area is 69.1 Å². The van der Waals surface area contributed by atoms with E-state index in [1.807, 2.05) is 0 Å². The van der Waals surface area contributed by atoms with Crippen LogP contribution in [0.25, 0.3) is 0 Å². The lowest BCUT2D eigenvalue weighted by atomic mass is 10.2. The van der Waals surface area contributed by atoms with Crippen LogP contribution >= 0.6 is 0 Å². The van der Waals surface area contributed by atoms with E-state index < -0.39 is 12.0 Å². The molecule has 0 radical (unpaired) electrons. The number of H-pyrrole nitrogens is 1. The Morgan fingerprint density at radius 3 is 3.17 bits per heavy atom. The van der Waals surface area contributed by atoms with Gasteiger partial charge in [-0.1, -0.05) is 0 Å². The molecule has 0 aliphatic carbocycles. The molecule has 6 heteroatoms. The second-order valence-electron chi connectivity index (χ2n) is 2.30. The summed E-state index contributed by atoms with van der Waals surface area (Å²) in [5, 5.41) is 9.75. The van der Waals surface area contributed by atoms with E-state index in [0.717, 1.165) is 0 Å². The Bertz CT molecular complexity index is 246. The van der Waals surface area contributed by atoms with E-state index in [-0.39, 0.29) is 0 Å². The molecule has 1 aromatic rings. The van der Waals surface area contributed by atoms with Crippen LogP contribution in [0.4, 0.5) is 0 Å². The van der Waals surface area contributed by atoms with E-state index in [1.54, 1.807) is 0 Å². The highest BCUT2D eigenvalue weighted by molar-refractivity contribution is 5.75. The smallest absolute Gasteiger partial charge is 0.323 e. The Hall–Kier alpha value is -1.43. The van der Waals surface area contributed by atoms with Gasteiger partial charge in [0.2, 0.25) is 0 Å². The Morgan fingerprint density at radius 2 is 2.67 bits per heavy atom. The van der Waals surface area contributed by atoms with Crippen molar-refractivity contribution in [3.05, 3.63) is 11.9 Å². The maximum absolute atomic E-state index is 10.8. The van der Waals surface area contributed by atoms with Crippen LogP contribution < -0.4 is 5.73 Å². The molecule has 1 rings (SSSR count). The first-order valence-corrected chi connectivity index (χ1v) is 3.42. The van der Waals surface area contributed by atoms with Crippen LogP contribution in [0.15, 0.2) is 6.20 Å². The quantitative estimate of drug-likeness (QED) is 0.558. The number of rotatable bonds is 3. The number of nitrogens with two attached hydrogens (primary N) is 1. The molecule has 0 aliphatic heterocycles. The van der Waals surface area contributed by atoms with Crippen LogP contribution in [-0.4, -0.2) is 34.5 Å². The number of nitrogens with one attached hydrogen (secondary N) is 1. The first-order chi connectivity index (χ1) is 5.74. The fourth-order valence-electron chi connectivity index (χ4n) is 0.784. The van der Waals surface area contributed by atoms with Gasteiger partial charge in [0.15, 0.2) is 0 Å². The van der Waals surface area contributed by atoms with E-state index in [1.165, 1.54) is 13.3 Å². The summed E-state index contributed by atoms with van der Waals surface area (Å²) in [6.45, 7) is 0. The van der Waals surface area contributed by atoms with Crippen molar-refractivity contribution in [1.82, 2.24) is 15.4 Å². The number of nitrogens with zero attached hydrogens (tertiary/aromatic N) is 2. The molecule has 0 bridgehead atoms. The van der Waals surface area contributed by atoms with Gasteiger partial charge in [0.05, 0.1) is 19.0 Å². The third-order valence-corrected chi connectivity index (χ3v) is 1.40. The molecule has 0 fully saturated rings. The SMILES string of the molecule is COC(=O)C(N)Cc1cn[nH]n1. The maximum atomic E-state index is 10.8. The van der Waals surface area contributed by atoms with Gasteiger partial charge in [0, 0.05) is 6.42 Å². The lowest BCUT2D eigenvalue weighted by Gasteiger charge is -2.05. The standard InChI is InChI=1S/C6H10N4O2/c1-12-6(11)5(7)2-4-3-8-10-9-4/h3,5H,2,7H2,1H3,(H,8,9,10). The van der Waals surface area contributed by atoms with Crippen molar-refractivity contribution < 1.29 is 9.53 Å². The van der Waals surface area contributed by atoms with Gasteiger partial charge in [0.25, 0.3) is 0 Å². The minimum Gasteiger partial charge on any atom is -0.468 e. The number of carbonyl (C=O) groups excluding carboxylic acids is 1. The summed E-state index contributed by atoms with van der Waals surface area (Å²) in [5.74, 6) is -0.446. The van der Waals surface area contributed by atoms with Crippen LogP contribution in [-0.2, 0) is 16.0 Å². The number of carbonyl (C=O) groups is 1. The molecule has 12 heavy (non-hydrogen) atoms. The van der Waals surface area contributed by atoms with Crippen LogP contribution in [0, 0.1) is 0 Å². The van der Waals surface area contributed by atoms with Crippen LogP contribution in [0.5, 0.6) is 0 Å². The summed E-state index contributed by atoms with van der Waals surface area (Å²) in [7, 11) is 1.30. The Kier molecular flexibility index (Phi) is 2.76. The summed E-state index contributed by atoms with van der Waals surface area (Å²) < 4.78 is 4.44. The van der Waals surface area contributed by atoms with E-state index in [4.69, 9.17) is 5.73 Å². The minimum atomic E-state index is -0.667. The van der Waals surface area contributed by atoms with Gasteiger partial charge in [-0.3, -0.25) is 4.79 Å². The minimum absolute atomic E-state index is 0.336. The zero-order chi connectivity index (χ0) is 8.97. The molecular weight excluding hydrogens is 160 g/mol. The lowest BCUT2D eigenvalue weighted by molar-refractivity contribution is -0.142. The third-order valence-electron chi connectivity index (χ3n) is 1.40. The second-order valence-corrected chi connectivity index (χ2v) is 2.30. The van der Waals surface area contributed by atoms with E-state index >= 15 is 0 Å². The maximum Gasteiger partial charge on any atom is 0.323 e. The van der Waals surface area contributed by atoms with E-state index in [0.29, 0.717) is 12.1 Å². The van der Waals surface area contributed by atoms with E-state index in [2.05, 4.69) is 20.1 Å². The predicted octanol–water partition coefficient (Wildman–Crippen LogP) is -1.15. The largest absolute Gasteiger partial charge is 0.468 e. The van der Waals surface area contributed by atoms with Crippen molar-refractivity contribution in [3.63, 3.8) is 0 Å². The molecular formula is C6H10N4O2. The zero-order valence-corrected chi connectivity index (χ0v) is 6.65. The fourth-order valence-corrected chi connectivity index (χ4v) is 0.784. The molecule has 1 heterocycles. The van der Waals surface area contributed by atoms with Crippen molar-refractivity contribution >= 4 is 5.97 Å². The average Bonchev–Trinajstić information content (AvgIpc) is 2.55. The van der Waals surface area contributed by atoms with Gasteiger partial charge in [-0.2, -0.15) is 15.4 Å². The molecule has 1 unspecified atom stereocenters. The van der Waals surface area contributed by atoms with Crippen LogP contribution in [0.2, 0.25) is 0 Å². The summed E-state index contributed by atoms with van der Waals surface area (Å²) in [6.07, 6.45) is 1.85. The zero-order valence-electron chi connectivity index (χ0n) is 6.65. The summed E-state index contributed by atoms with van der Waals surface area (Å²) in [6, 6.07) is -0.667. The van der Waals surface area contributed by atoms with Gasteiger partial charge in [-0.05, 0) is 0 Å². The van der Waals surface area contributed by atoms with Gasteiger partial charge in [-0.25, -0.2) is 0 Å². The molecule has 1 atom stereocenters. The first-order valence-electron chi connectivity index (χ1n) is 3.42. The summed E-state index contributed by atoms with van der Waals surface area (Å²) in [4.78, 5) is 10.8. The summed E-state index contributed by atoms with van der Waals surface area (Å²) >= 11 is 0. The van der Waals surface area contributed by atoms with Crippen molar-refractivity contribution in [1.29, 1.82) is 0 Å². The number of methoxy groups -OCH3 is 1. The highest BCUT2D eigenvalue weighted by Crippen LogP contribution is 1.95. The first kappa shape index (κ1) is 8.66. The monoisotopic (exact) mass is 170 g/mol. The van der Waals surface area contributed by atoms with Crippen LogP contribution in [0.1, 0.15) is 5.69 Å². The Balaban J connectivity index is 2.47. The van der Waals surface area contributed by atoms with Gasteiger partial charge < -0.3 is 10.5 Å². The van der Waals surface area contributed by atoms with Crippen molar-refractivity contribution in [2.24, 2.45) is 5.73 Å². The molecule has 0 spiro atoms. The Morgan fingerprint density at radius 1 is 1.92 bits per heavy atom. The number of esters is 1. The summed E-state index contributed by atoms with van der Waals surface area (Å²) in [5.41, 5.74) is 6.11. The van der Waals surface area contributed by atoms with Gasteiger partial charge >= 0.3 is 5.97 Å². The van der Waals surface area contributed by atoms with Crippen molar-refractivity contribution in [2.45, 2.75) is 12.5 Å². The number of ether oxygens (including phenoxy) is 1. The lowest BCUT2D eigenvalue weighted by Crippen LogP contribution is -2.33. The van der Waals surface area contributed by atoms with Crippen LogP contribution in [0.3, 0.4) is 0 Å². The number of aromatic amines is 1. The molecule has 66 valence electrons. The number of hydrogen-bond donors (Lipinski definition) is 2. The molecule has 3 N–H and O–H groups in total. The van der Waals surface area contributed by atoms with Gasteiger partial charge in [-0.15, -0.1) is 0 Å². The highest BCUT2D eigenvalue weighted by atomic mass is 16.5. The molecule has 0 aromatic carbocycles. The van der Waals surface area contributed by atoms with Gasteiger partial charge in [0.1, 0.15) is 6.04 Å².